The van der Waals surface area contributed by atoms with Crippen LogP contribution in [0.3, 0.4) is 0 Å². The topological polar surface area (TPSA) is 66.3 Å². The number of aliphatic hydroxyl groups is 1. The van der Waals surface area contributed by atoms with Gasteiger partial charge in [0, 0.05) is 48.8 Å². The van der Waals surface area contributed by atoms with E-state index in [9.17, 15) is 14.3 Å². The van der Waals surface area contributed by atoms with E-state index < -0.39 is 5.60 Å². The third-order valence-corrected chi connectivity index (χ3v) is 4.59. The summed E-state index contributed by atoms with van der Waals surface area (Å²) >= 11 is 0. The average molecular weight is 361 g/mol. The van der Waals surface area contributed by atoms with Gasteiger partial charge in [-0.2, -0.15) is 0 Å². The smallest absolute Gasteiger partial charge is 0.267 e. The van der Waals surface area contributed by atoms with Crippen molar-refractivity contribution in [3.63, 3.8) is 0 Å². The molecule has 3 aromatic rings. The Bertz CT molecular complexity index is 1120. The number of hydrogen-bond donors (Lipinski definition) is 1. The van der Waals surface area contributed by atoms with E-state index in [1.807, 2.05) is 6.07 Å². The van der Waals surface area contributed by atoms with E-state index in [4.69, 9.17) is 0 Å². The Balaban J connectivity index is 1.68. The summed E-state index contributed by atoms with van der Waals surface area (Å²) in [6.45, 7) is 0.478. The summed E-state index contributed by atoms with van der Waals surface area (Å²) in [5, 5.41) is 11.1. The Morgan fingerprint density at radius 2 is 2.11 bits per heavy atom. The molecule has 4 rings (SSSR count). The molecule has 0 unspecified atom stereocenters. The lowest BCUT2D eigenvalue weighted by Crippen LogP contribution is -2.37. The Labute approximate surface area is 155 Å². The molecule has 1 fully saturated rings. The summed E-state index contributed by atoms with van der Waals surface area (Å²) in [5.41, 5.74) is 0.230. The van der Waals surface area contributed by atoms with Gasteiger partial charge in [0.05, 0.1) is 5.52 Å². The number of fused-ring (bicyclic) bond motifs is 1. The summed E-state index contributed by atoms with van der Waals surface area (Å²) in [6, 6.07) is 11.5. The van der Waals surface area contributed by atoms with Gasteiger partial charge in [-0.25, -0.2) is 14.4 Å². The predicted octanol–water partition coefficient (Wildman–Crippen LogP) is 2.38. The molecule has 1 saturated heterocycles. The van der Waals surface area contributed by atoms with Gasteiger partial charge >= 0.3 is 0 Å². The van der Waals surface area contributed by atoms with E-state index in [0.717, 1.165) is 10.9 Å². The number of nitrogens with zero attached hydrogens (tertiary/aromatic N) is 3. The van der Waals surface area contributed by atoms with Gasteiger partial charge in [-0.15, -0.1) is 0 Å². The lowest BCUT2D eigenvalue weighted by atomic mass is 10.0. The van der Waals surface area contributed by atoms with Crippen molar-refractivity contribution in [1.29, 1.82) is 0 Å². The Kier molecular flexibility index (Phi) is 4.09. The fourth-order valence-corrected chi connectivity index (χ4v) is 3.02. The monoisotopic (exact) mass is 361 g/mol. The minimum Gasteiger partial charge on any atom is -0.369 e. The van der Waals surface area contributed by atoms with Crippen LogP contribution in [-0.2, 0) is 4.79 Å². The molecular formula is C21H16FN3O2. The molecule has 2 aromatic carbocycles. The molecule has 1 aromatic heterocycles. The van der Waals surface area contributed by atoms with E-state index >= 15 is 0 Å². The van der Waals surface area contributed by atoms with Gasteiger partial charge in [-0.05, 0) is 24.3 Å². The molecule has 5 nitrogen and oxygen atoms in total. The fourth-order valence-electron chi connectivity index (χ4n) is 3.02. The molecule has 1 aliphatic heterocycles. The molecule has 1 amide bonds. The summed E-state index contributed by atoms with van der Waals surface area (Å²) < 4.78 is 13.4. The summed E-state index contributed by atoms with van der Waals surface area (Å²) in [6.07, 6.45) is 1.93. The summed E-state index contributed by atoms with van der Waals surface area (Å²) in [5.74, 6) is 5.28. The molecule has 2 heterocycles. The molecular weight excluding hydrogens is 345 g/mol. The van der Waals surface area contributed by atoms with Crippen LogP contribution in [0.2, 0.25) is 0 Å². The first-order valence-corrected chi connectivity index (χ1v) is 8.48. The van der Waals surface area contributed by atoms with E-state index in [0.29, 0.717) is 23.4 Å². The second-order valence-corrected chi connectivity index (χ2v) is 6.56. The van der Waals surface area contributed by atoms with Crippen LogP contribution in [0, 0.1) is 17.7 Å². The van der Waals surface area contributed by atoms with Gasteiger partial charge in [0.25, 0.3) is 5.91 Å². The third-order valence-electron chi connectivity index (χ3n) is 4.59. The first-order chi connectivity index (χ1) is 12.9. The molecule has 6 heteroatoms. The molecule has 0 aliphatic carbocycles. The second kappa shape index (κ2) is 6.45. The molecule has 1 N–H and O–H groups in total. The van der Waals surface area contributed by atoms with Gasteiger partial charge < -0.3 is 10.0 Å². The number of rotatable bonds is 1. The van der Waals surface area contributed by atoms with Crippen molar-refractivity contribution in [1.82, 2.24) is 14.9 Å². The standard InChI is InChI=1S/C21H16FN3O2/c1-25-10-9-21(27,20(25)26)8-7-14-3-2-4-15(11-14)19-23-13-16-5-6-17(22)12-18(16)24-19/h2-6,11-13,27H,9-10H2,1H3/t21-/m0/s1. The van der Waals surface area contributed by atoms with Crippen LogP contribution >= 0.6 is 0 Å². The zero-order valence-electron chi connectivity index (χ0n) is 14.6. The first-order valence-electron chi connectivity index (χ1n) is 8.48. The van der Waals surface area contributed by atoms with Gasteiger partial charge in [0.1, 0.15) is 5.82 Å². The van der Waals surface area contributed by atoms with Crippen LogP contribution < -0.4 is 0 Å². The maximum Gasteiger partial charge on any atom is 0.267 e. The van der Waals surface area contributed by atoms with Crippen molar-refractivity contribution in [3.8, 4) is 23.2 Å². The van der Waals surface area contributed by atoms with E-state index in [-0.39, 0.29) is 18.1 Å². The highest BCUT2D eigenvalue weighted by Gasteiger charge is 2.42. The van der Waals surface area contributed by atoms with Crippen molar-refractivity contribution in [2.75, 3.05) is 13.6 Å². The number of likely N-dealkylation sites (N-methyl/N-ethyl adjacent to an activating group) is 1. The van der Waals surface area contributed by atoms with Crippen LogP contribution in [0.15, 0.2) is 48.7 Å². The Morgan fingerprint density at radius 3 is 2.89 bits per heavy atom. The highest BCUT2D eigenvalue weighted by molar-refractivity contribution is 5.90. The minimum atomic E-state index is -1.64. The summed E-state index contributed by atoms with van der Waals surface area (Å²) in [7, 11) is 1.64. The number of benzene rings is 2. The quantitative estimate of drug-likeness (QED) is 0.676. The average Bonchev–Trinajstić information content (AvgIpc) is 2.94. The Hall–Kier alpha value is -3.30. The third kappa shape index (κ3) is 3.25. The first kappa shape index (κ1) is 17.1. The zero-order valence-corrected chi connectivity index (χ0v) is 14.6. The molecule has 1 aliphatic rings. The maximum absolute atomic E-state index is 13.4. The van der Waals surface area contributed by atoms with Gasteiger partial charge in [0.15, 0.2) is 5.82 Å². The van der Waals surface area contributed by atoms with Crippen molar-refractivity contribution < 1.29 is 14.3 Å². The van der Waals surface area contributed by atoms with Crippen molar-refractivity contribution in [3.05, 3.63) is 60.0 Å². The zero-order chi connectivity index (χ0) is 19.0. The van der Waals surface area contributed by atoms with Crippen LogP contribution in [0.1, 0.15) is 12.0 Å². The number of amides is 1. The van der Waals surface area contributed by atoms with Crippen LogP contribution in [0.25, 0.3) is 22.3 Å². The van der Waals surface area contributed by atoms with Crippen molar-refractivity contribution >= 4 is 16.8 Å². The number of hydrogen-bond acceptors (Lipinski definition) is 4. The largest absolute Gasteiger partial charge is 0.369 e. The number of halogens is 1. The van der Waals surface area contributed by atoms with Crippen molar-refractivity contribution in [2.45, 2.75) is 12.0 Å². The lowest BCUT2D eigenvalue weighted by molar-refractivity contribution is -0.137. The van der Waals surface area contributed by atoms with E-state index in [1.165, 1.54) is 17.0 Å². The normalized spacial score (nSPS) is 19.2. The highest BCUT2D eigenvalue weighted by atomic mass is 19.1. The molecule has 0 bridgehead atoms. The van der Waals surface area contributed by atoms with Gasteiger partial charge in [-0.1, -0.05) is 24.0 Å². The lowest BCUT2D eigenvalue weighted by Gasteiger charge is -2.13. The number of carbonyl (C=O) groups is 1. The van der Waals surface area contributed by atoms with Crippen LogP contribution in [0.4, 0.5) is 4.39 Å². The van der Waals surface area contributed by atoms with Crippen LogP contribution in [-0.4, -0.2) is 45.1 Å². The molecule has 27 heavy (non-hydrogen) atoms. The van der Waals surface area contributed by atoms with Gasteiger partial charge in [0.2, 0.25) is 5.60 Å². The highest BCUT2D eigenvalue weighted by Crippen LogP contribution is 2.22. The van der Waals surface area contributed by atoms with Crippen LogP contribution in [0.5, 0.6) is 0 Å². The predicted molar refractivity (Wildman–Crippen MR) is 99.0 cm³/mol. The SMILES string of the molecule is CN1CC[C@@](O)(C#Cc2cccc(-c3ncc4ccc(F)cc4n3)c2)C1=O. The number of carbonyl (C=O) groups excluding carboxylic acids is 1. The minimum absolute atomic E-state index is 0.286. The second-order valence-electron chi connectivity index (χ2n) is 6.56. The molecule has 0 saturated carbocycles. The summed E-state index contributed by atoms with van der Waals surface area (Å²) in [4.78, 5) is 22.2. The molecule has 1 atom stereocenters. The van der Waals surface area contributed by atoms with E-state index in [2.05, 4.69) is 21.8 Å². The molecule has 0 spiro atoms. The van der Waals surface area contributed by atoms with Gasteiger partial charge in [-0.3, -0.25) is 4.79 Å². The molecule has 134 valence electrons. The number of aromatic nitrogens is 2. The number of likely N-dealkylation sites (tertiary alicyclic amines) is 1. The fraction of sp³-hybridized carbons (Fsp3) is 0.190. The Morgan fingerprint density at radius 1 is 1.26 bits per heavy atom. The van der Waals surface area contributed by atoms with E-state index in [1.54, 1.807) is 37.5 Å². The van der Waals surface area contributed by atoms with Crippen molar-refractivity contribution in [2.24, 2.45) is 0 Å². The molecule has 0 radical (unpaired) electrons. The maximum atomic E-state index is 13.4.